The van der Waals surface area contributed by atoms with Crippen LogP contribution in [-0.4, -0.2) is 0 Å². The maximum absolute atomic E-state index is 6.86. The standard InChI is InChI=1S/Cs.HN3.H/c;1-3-2;/h;1H;/q+1;;-1. The van der Waals surface area contributed by atoms with Crippen molar-refractivity contribution < 1.29 is 70.3 Å². The van der Waals surface area contributed by atoms with Gasteiger partial charge in [-0.2, -0.15) is 0 Å². The average Bonchev–Trinajstić information content (AvgIpc) is 0.918. The molecule has 0 unspecified atom stereocenters. The SMILES string of the molecule is [Cs+].[H-].[N-]=[N+]=N. The first-order valence-electron chi connectivity index (χ1n) is 0.424. The predicted octanol–water partition coefficient (Wildman–Crippen LogP) is -2.01. The van der Waals surface area contributed by atoms with Crippen LogP contribution < -0.4 is 68.9 Å². The summed E-state index contributed by atoms with van der Waals surface area (Å²) in [5.74, 6) is 0. The van der Waals surface area contributed by atoms with Crippen LogP contribution in [0, 0.1) is 5.53 Å². The summed E-state index contributed by atoms with van der Waals surface area (Å²) in [6.07, 6.45) is 0. The summed E-state index contributed by atoms with van der Waals surface area (Å²) in [7, 11) is 0. The van der Waals surface area contributed by atoms with Gasteiger partial charge in [0.2, 0.25) is 0 Å². The van der Waals surface area contributed by atoms with E-state index in [0.29, 0.717) is 0 Å². The molecule has 0 heterocycles. The van der Waals surface area contributed by atoms with Crippen LogP contribution in [0.4, 0.5) is 0 Å². The summed E-state index contributed by atoms with van der Waals surface area (Å²) in [4.78, 5) is 1.75. The van der Waals surface area contributed by atoms with Crippen molar-refractivity contribution in [3.8, 4) is 0 Å². The van der Waals surface area contributed by atoms with Gasteiger partial charge in [-0.15, -0.1) is 5.53 Å². The van der Waals surface area contributed by atoms with E-state index < -0.39 is 0 Å². The largest absolute Gasteiger partial charge is 1.00 e. The summed E-state index contributed by atoms with van der Waals surface area (Å²) < 4.78 is 0. The van der Waals surface area contributed by atoms with Crippen molar-refractivity contribution in [3.63, 3.8) is 0 Å². The van der Waals surface area contributed by atoms with Gasteiger partial charge in [0.15, 0.2) is 0 Å². The van der Waals surface area contributed by atoms with Crippen molar-refractivity contribution in [2.45, 2.75) is 0 Å². The molecule has 0 fully saturated rings. The number of hydrogen-bond acceptors (Lipinski definition) is 1. The van der Waals surface area contributed by atoms with E-state index in [4.69, 9.17) is 11.1 Å². The molecule has 0 amide bonds. The van der Waals surface area contributed by atoms with Crippen LogP contribution in [0.1, 0.15) is 1.43 Å². The van der Waals surface area contributed by atoms with E-state index in [1.54, 1.807) is 4.91 Å². The number of nitrogens with one attached hydrogen (secondary N) is 1. The van der Waals surface area contributed by atoms with Crippen molar-refractivity contribution in [2.75, 3.05) is 0 Å². The van der Waals surface area contributed by atoms with Gasteiger partial charge in [-0.05, 0) is 10.4 Å². The second-order valence-corrected chi connectivity index (χ2v) is 0.100. The fourth-order valence-corrected chi connectivity index (χ4v) is 0. The summed E-state index contributed by atoms with van der Waals surface area (Å²) >= 11 is 0. The zero-order valence-electron chi connectivity index (χ0n) is 3.39. The molecule has 0 aromatic carbocycles. The predicted molar refractivity (Wildman–Crippen MR) is 10.5 cm³/mol. The number of hydrogen-bond donors (Lipinski definition) is 1. The minimum absolute atomic E-state index is 0. The Morgan fingerprint density at radius 1 is 2.00 bits per heavy atom. The quantitative estimate of drug-likeness (QED) is 0.252. The molecule has 0 aliphatic carbocycles. The van der Waals surface area contributed by atoms with Crippen LogP contribution in [-0.2, 0) is 0 Å². The van der Waals surface area contributed by atoms with Gasteiger partial charge in [-0.1, -0.05) is 0 Å². The topological polar surface area (TPSA) is 60.3 Å². The van der Waals surface area contributed by atoms with E-state index >= 15 is 0 Å². The van der Waals surface area contributed by atoms with Crippen LogP contribution in [0.25, 0.3) is 10.4 Å². The average molecular weight is 177 g/mol. The second kappa shape index (κ2) is 8.84. The summed E-state index contributed by atoms with van der Waals surface area (Å²) in [5.41, 5.74) is 12.2. The van der Waals surface area contributed by atoms with Crippen molar-refractivity contribution in [3.05, 3.63) is 10.4 Å². The molecule has 0 aromatic rings. The fourth-order valence-electron chi connectivity index (χ4n) is 0. The van der Waals surface area contributed by atoms with E-state index in [0.717, 1.165) is 0 Å². The van der Waals surface area contributed by atoms with E-state index in [1.807, 2.05) is 0 Å². The van der Waals surface area contributed by atoms with Gasteiger partial charge in [0.05, 0.1) is 0 Å². The third kappa shape index (κ3) is 10.1. The minimum atomic E-state index is 0. The monoisotopic (exact) mass is 177 g/mol. The molecule has 0 atom stereocenters. The molecule has 0 radical (unpaired) electrons. The Hall–Kier alpha value is 1.36. The number of nitrogens with zero attached hydrogens (tertiary/aromatic N) is 2. The molecule has 0 saturated heterocycles. The van der Waals surface area contributed by atoms with Crippen molar-refractivity contribution in [2.24, 2.45) is 0 Å². The van der Waals surface area contributed by atoms with Gasteiger partial charge in [0.25, 0.3) is 0 Å². The van der Waals surface area contributed by atoms with Crippen LogP contribution in [0.5, 0.6) is 0 Å². The summed E-state index contributed by atoms with van der Waals surface area (Å²) in [6.45, 7) is 0. The van der Waals surface area contributed by atoms with Gasteiger partial charge >= 0.3 is 68.9 Å². The normalized spacial score (nSPS) is 2.00. The Kier molecular flexibility index (Phi) is 19.9. The van der Waals surface area contributed by atoms with Crippen LogP contribution >= 0.6 is 0 Å². The molecule has 0 aliphatic rings. The van der Waals surface area contributed by atoms with Crippen LogP contribution in [0.2, 0.25) is 0 Å². The Bertz CT molecular complexity index is 27.9. The Labute approximate surface area is 84.1 Å². The summed E-state index contributed by atoms with van der Waals surface area (Å²) in [5, 5.41) is 0. The Balaban J connectivity index is -0.0000000200. The Morgan fingerprint density at radius 3 is 2.00 bits per heavy atom. The van der Waals surface area contributed by atoms with Gasteiger partial charge in [-0.3, -0.25) is 0 Å². The summed E-state index contributed by atoms with van der Waals surface area (Å²) in [6, 6.07) is 0. The first-order valence-corrected chi connectivity index (χ1v) is 0.424. The smallest absolute Gasteiger partial charge is 1.00 e. The van der Waals surface area contributed by atoms with Gasteiger partial charge < -0.3 is 1.43 Å². The van der Waals surface area contributed by atoms with E-state index in [-0.39, 0.29) is 70.3 Å². The molecule has 3 nitrogen and oxygen atoms in total. The van der Waals surface area contributed by atoms with E-state index in [1.165, 1.54) is 0 Å². The minimum Gasteiger partial charge on any atom is -1.00 e. The molecule has 0 aromatic heterocycles. The maximum Gasteiger partial charge on any atom is 1.00 e. The molecule has 0 spiro atoms. The second-order valence-electron chi connectivity index (χ2n) is 0.100. The zero-order chi connectivity index (χ0) is 2.71. The van der Waals surface area contributed by atoms with Gasteiger partial charge in [0, 0.05) is 0 Å². The van der Waals surface area contributed by atoms with Crippen LogP contribution in [0.3, 0.4) is 0 Å². The molecule has 0 saturated carbocycles. The molecule has 4 heavy (non-hydrogen) atoms. The molecule has 1 N–H and O–H groups in total. The van der Waals surface area contributed by atoms with E-state index in [2.05, 4.69) is 0 Å². The molecule has 0 bridgehead atoms. The number of rotatable bonds is 0. The molecule has 0 aliphatic heterocycles. The molecular weight excluding hydrogens is 175 g/mol. The third-order valence-electron chi connectivity index (χ3n) is 0. The maximum atomic E-state index is 6.86. The zero-order valence-corrected chi connectivity index (χ0v) is 8.67. The van der Waals surface area contributed by atoms with Gasteiger partial charge in [0.1, 0.15) is 0 Å². The molecule has 18 valence electrons. The van der Waals surface area contributed by atoms with Gasteiger partial charge in [-0.25, -0.2) is 0 Å². The van der Waals surface area contributed by atoms with Crippen LogP contribution in [0.15, 0.2) is 0 Å². The first kappa shape index (κ1) is 9.03. The Morgan fingerprint density at radius 2 is 2.00 bits per heavy atom. The molecule has 0 rings (SSSR count). The molecule has 4 heteroatoms. The molecular formula is H2CsN3. The van der Waals surface area contributed by atoms with Crippen molar-refractivity contribution in [1.29, 1.82) is 5.53 Å². The van der Waals surface area contributed by atoms with Crippen molar-refractivity contribution in [1.82, 2.24) is 0 Å². The fraction of sp³-hybridized carbons (Fsp3) is 0. The van der Waals surface area contributed by atoms with E-state index in [9.17, 15) is 0 Å². The third-order valence-corrected chi connectivity index (χ3v) is 0. The first-order chi connectivity index (χ1) is 1.41. The van der Waals surface area contributed by atoms with Crippen molar-refractivity contribution >= 4 is 0 Å².